The first-order chi connectivity index (χ1) is 21.7. The molecule has 9 heteroatoms. The summed E-state index contributed by atoms with van der Waals surface area (Å²) in [5.41, 5.74) is -0.578. The largest absolute Gasteiger partial charge is 0.471 e. The van der Waals surface area contributed by atoms with E-state index in [-0.39, 0.29) is 29.9 Å². The number of hydrogen-bond donors (Lipinski definition) is 0. The van der Waals surface area contributed by atoms with Gasteiger partial charge in [0.15, 0.2) is 0 Å². The summed E-state index contributed by atoms with van der Waals surface area (Å²) in [5.74, 6) is -2.51. The van der Waals surface area contributed by atoms with E-state index in [1.165, 1.54) is 4.90 Å². The van der Waals surface area contributed by atoms with Crippen LogP contribution in [0.5, 0.6) is 0 Å². The second-order valence-electron chi connectivity index (χ2n) is 14.1. The number of piperidine rings is 1. The van der Waals surface area contributed by atoms with Gasteiger partial charge in [0.1, 0.15) is 0 Å². The Morgan fingerprint density at radius 3 is 2.02 bits per heavy atom. The zero-order valence-corrected chi connectivity index (χ0v) is 29.2. The smallest absolute Gasteiger partial charge is 0.463 e. The van der Waals surface area contributed by atoms with E-state index in [0.717, 1.165) is 29.6 Å². The van der Waals surface area contributed by atoms with Crippen LogP contribution in [0.3, 0.4) is 0 Å². The molecule has 0 aromatic heterocycles. The molecule has 1 aliphatic heterocycles. The van der Waals surface area contributed by atoms with Crippen molar-refractivity contribution in [1.82, 2.24) is 4.90 Å². The third kappa shape index (κ3) is 7.15. The number of alkyl halides is 3. The average molecular weight is 658 g/mol. The van der Waals surface area contributed by atoms with E-state index in [0.29, 0.717) is 31.4 Å². The zero-order valence-electron chi connectivity index (χ0n) is 28.2. The van der Waals surface area contributed by atoms with Gasteiger partial charge in [-0.2, -0.15) is 13.2 Å². The van der Waals surface area contributed by atoms with Gasteiger partial charge in [0.05, 0.1) is 6.61 Å². The second-order valence-corrected chi connectivity index (χ2v) is 18.4. The Kier molecular flexibility index (Phi) is 11.3. The lowest BCUT2D eigenvalue weighted by Crippen LogP contribution is -2.67. The number of nitrogens with zero attached hydrogens (tertiary/aromatic N) is 1. The first kappa shape index (κ1) is 35.9. The Morgan fingerprint density at radius 2 is 1.52 bits per heavy atom. The van der Waals surface area contributed by atoms with Crippen molar-refractivity contribution in [3.8, 4) is 0 Å². The topological polar surface area (TPSA) is 55.8 Å². The van der Waals surface area contributed by atoms with Crippen molar-refractivity contribution in [1.29, 1.82) is 0 Å². The molecule has 1 spiro atoms. The van der Waals surface area contributed by atoms with Crippen LogP contribution >= 0.6 is 0 Å². The highest BCUT2D eigenvalue weighted by atomic mass is 28.4. The first-order valence-electron chi connectivity index (χ1n) is 16.7. The molecule has 1 aliphatic carbocycles. The molecular formula is C37H50F3NO4Si. The van der Waals surface area contributed by atoms with Crippen LogP contribution in [-0.4, -0.2) is 56.1 Å². The number of carbonyl (C=O) groups is 2. The van der Waals surface area contributed by atoms with Crippen molar-refractivity contribution in [3.05, 3.63) is 72.3 Å². The Bertz CT molecular complexity index is 1320. The highest BCUT2D eigenvalue weighted by molar-refractivity contribution is 6.99. The molecule has 5 nitrogen and oxygen atoms in total. The molecule has 2 aliphatic rings. The van der Waals surface area contributed by atoms with E-state index in [1.54, 1.807) is 19.9 Å². The summed E-state index contributed by atoms with van der Waals surface area (Å²) in [7, 11) is -2.86. The Labute approximate surface area is 273 Å². The van der Waals surface area contributed by atoms with Crippen molar-refractivity contribution in [3.63, 3.8) is 0 Å². The number of rotatable bonds is 10. The number of esters is 1. The molecule has 2 fully saturated rings. The molecule has 0 N–H and O–H groups in total. The van der Waals surface area contributed by atoms with Gasteiger partial charge in [0, 0.05) is 23.8 Å². The summed E-state index contributed by atoms with van der Waals surface area (Å²) >= 11 is 0. The Balaban J connectivity index is 1.70. The summed E-state index contributed by atoms with van der Waals surface area (Å²) < 4.78 is 55.3. The molecule has 0 unspecified atom stereocenters. The van der Waals surface area contributed by atoms with Gasteiger partial charge in [-0.1, -0.05) is 101 Å². The van der Waals surface area contributed by atoms with Gasteiger partial charge >= 0.3 is 18.1 Å². The normalized spacial score (nSPS) is 23.4. The van der Waals surface area contributed by atoms with E-state index in [2.05, 4.69) is 52.0 Å². The van der Waals surface area contributed by atoms with Gasteiger partial charge in [-0.3, -0.25) is 4.79 Å². The third-order valence-corrected chi connectivity index (χ3v) is 15.2. The van der Waals surface area contributed by atoms with Crippen LogP contribution in [0.25, 0.3) is 0 Å². The maximum absolute atomic E-state index is 14.3. The van der Waals surface area contributed by atoms with Gasteiger partial charge < -0.3 is 14.1 Å². The lowest BCUT2D eigenvalue weighted by atomic mass is 9.71. The first-order valence-corrected chi connectivity index (χ1v) is 18.6. The van der Waals surface area contributed by atoms with Gasteiger partial charge in [0.25, 0.3) is 8.32 Å². The fourth-order valence-electron chi connectivity index (χ4n) is 8.27. The van der Waals surface area contributed by atoms with E-state index in [4.69, 9.17) is 9.16 Å². The monoisotopic (exact) mass is 657 g/mol. The third-order valence-electron chi connectivity index (χ3n) is 10.2. The molecule has 1 heterocycles. The van der Waals surface area contributed by atoms with Crippen LogP contribution in [0.4, 0.5) is 13.2 Å². The fourth-order valence-corrected chi connectivity index (χ4v) is 12.9. The van der Waals surface area contributed by atoms with Crippen LogP contribution in [-0.2, 0) is 18.8 Å². The average Bonchev–Trinajstić information content (AvgIpc) is 3.43. The van der Waals surface area contributed by atoms with E-state index >= 15 is 0 Å². The molecule has 2 aromatic carbocycles. The molecule has 0 radical (unpaired) electrons. The van der Waals surface area contributed by atoms with Gasteiger partial charge in [0.2, 0.25) is 0 Å². The summed E-state index contributed by atoms with van der Waals surface area (Å²) in [6.45, 7) is 12.6. The number of ether oxygens (including phenoxy) is 1. The molecule has 0 bridgehead atoms. The minimum absolute atomic E-state index is 0.0942. The van der Waals surface area contributed by atoms with Crippen LogP contribution in [0, 0.1) is 11.8 Å². The molecule has 2 aromatic rings. The van der Waals surface area contributed by atoms with E-state index in [9.17, 15) is 22.8 Å². The Morgan fingerprint density at radius 1 is 0.978 bits per heavy atom. The van der Waals surface area contributed by atoms with E-state index < -0.39 is 38.0 Å². The number of likely N-dealkylation sites (tertiary alicyclic amines) is 1. The lowest BCUT2D eigenvalue weighted by molar-refractivity contribution is -0.201. The maximum atomic E-state index is 14.3. The number of hydrogen-bond acceptors (Lipinski definition) is 4. The number of carbonyl (C=O) groups excluding carboxylic acids is 2. The predicted octanol–water partition coefficient (Wildman–Crippen LogP) is 7.58. The molecular weight excluding hydrogens is 607 g/mol. The van der Waals surface area contributed by atoms with Crippen molar-refractivity contribution < 1.29 is 31.9 Å². The van der Waals surface area contributed by atoms with Gasteiger partial charge in [-0.25, -0.2) is 4.79 Å². The summed E-state index contributed by atoms with van der Waals surface area (Å²) in [6.07, 6.45) is 0.529. The van der Waals surface area contributed by atoms with Crippen LogP contribution in [0.2, 0.25) is 5.04 Å². The number of halogens is 3. The quantitative estimate of drug-likeness (QED) is 0.150. The lowest BCUT2D eigenvalue weighted by Gasteiger charge is -2.54. The number of amides is 1. The molecule has 1 saturated carbocycles. The standard InChI is InChI=1S/C37H50F3NO4Si/c1-7-44-33(42)27(2)22-23-29-16-14-24-36(41(29)34(43)37(38,39)40)25-15-21-32(36)28(3)26-45-46(35(4,5)6,30-17-10-8-11-18-30)31-19-12-9-13-20-31/h8-13,17-20,22,28-29,32H,7,14-16,21,23-26H2,1-6H3/b27-22+/t28-,29+,32+,36-/m0/s1. The van der Waals surface area contributed by atoms with Gasteiger partial charge in [-0.05, 0) is 79.6 Å². The van der Waals surface area contributed by atoms with Crippen molar-refractivity contribution in [2.75, 3.05) is 13.2 Å². The fraction of sp³-hybridized carbons (Fsp3) is 0.568. The molecule has 1 amide bonds. The molecule has 252 valence electrons. The summed E-state index contributed by atoms with van der Waals surface area (Å²) in [6, 6.07) is 20.0. The van der Waals surface area contributed by atoms with Gasteiger partial charge in [-0.15, -0.1) is 0 Å². The van der Waals surface area contributed by atoms with Crippen molar-refractivity contribution in [2.24, 2.45) is 11.8 Å². The molecule has 4 atom stereocenters. The van der Waals surface area contributed by atoms with Crippen molar-refractivity contribution in [2.45, 2.75) is 109 Å². The second kappa shape index (κ2) is 14.5. The summed E-state index contributed by atoms with van der Waals surface area (Å²) in [4.78, 5) is 26.8. The molecule has 1 saturated heterocycles. The van der Waals surface area contributed by atoms with Crippen LogP contribution in [0.15, 0.2) is 72.3 Å². The zero-order chi connectivity index (χ0) is 33.8. The maximum Gasteiger partial charge on any atom is 0.471 e. The highest BCUT2D eigenvalue weighted by Crippen LogP contribution is 2.52. The Hall–Kier alpha value is -2.91. The van der Waals surface area contributed by atoms with E-state index in [1.807, 2.05) is 36.4 Å². The minimum Gasteiger partial charge on any atom is -0.463 e. The minimum atomic E-state index is -5.00. The van der Waals surface area contributed by atoms with Crippen LogP contribution < -0.4 is 10.4 Å². The highest BCUT2D eigenvalue weighted by Gasteiger charge is 2.59. The number of benzene rings is 2. The molecule has 4 rings (SSSR count). The van der Waals surface area contributed by atoms with Crippen molar-refractivity contribution >= 4 is 30.6 Å². The predicted molar refractivity (Wildman–Crippen MR) is 178 cm³/mol. The summed E-state index contributed by atoms with van der Waals surface area (Å²) in [5, 5.41) is 2.06. The SMILES string of the molecule is CCOC(=O)/C(C)=C/C[C@H]1CCC[C@@]2(CCC[C@@H]2[C@@H](C)CO[Si](c2ccccc2)(c2ccccc2)C(C)(C)C)N1C(=O)C(F)(F)F. The molecule has 46 heavy (non-hydrogen) atoms. The van der Waals surface area contributed by atoms with Crippen LogP contribution in [0.1, 0.15) is 86.5 Å².